The lowest BCUT2D eigenvalue weighted by molar-refractivity contribution is -0.0504. The molecule has 0 aliphatic carbocycles. The van der Waals surface area contributed by atoms with Gasteiger partial charge >= 0.3 is 18.1 Å². The van der Waals surface area contributed by atoms with E-state index in [9.17, 15) is 27.8 Å². The molecule has 3 aliphatic heterocycles. The summed E-state index contributed by atoms with van der Waals surface area (Å²) in [6.45, 7) is -2.36. The summed E-state index contributed by atoms with van der Waals surface area (Å²) in [6.07, 6.45) is -6.49. The Morgan fingerprint density at radius 2 is 1.76 bits per heavy atom. The van der Waals surface area contributed by atoms with Crippen LogP contribution in [0.3, 0.4) is 0 Å². The second kappa shape index (κ2) is 11.2. The van der Waals surface area contributed by atoms with Gasteiger partial charge in [-0.25, -0.2) is 28.9 Å². The number of nitrogens with one attached hydrogen (secondary N) is 2. The molecule has 0 aromatic carbocycles. The smallest absolute Gasteiger partial charge is 0.396 e. The minimum absolute atomic E-state index is 0.00389. The summed E-state index contributed by atoms with van der Waals surface area (Å²) in [4.78, 5) is 45.2. The van der Waals surface area contributed by atoms with Crippen LogP contribution < -0.4 is 21.7 Å². The third-order valence-corrected chi connectivity index (χ3v) is 9.74. The zero-order valence-electron chi connectivity index (χ0n) is 23.1. The van der Waals surface area contributed by atoms with Gasteiger partial charge in [0.25, 0.3) is 5.56 Å². The van der Waals surface area contributed by atoms with Crippen molar-refractivity contribution in [2.75, 3.05) is 31.3 Å². The fourth-order valence-corrected chi connectivity index (χ4v) is 7.62. The minimum Gasteiger partial charge on any atom is -0.396 e. The van der Waals surface area contributed by atoms with E-state index < -0.39 is 92.4 Å². The highest BCUT2D eigenvalue weighted by molar-refractivity contribution is 7.84. The van der Waals surface area contributed by atoms with Crippen molar-refractivity contribution < 1.29 is 50.1 Å². The van der Waals surface area contributed by atoms with Crippen molar-refractivity contribution >= 4 is 52.2 Å². The molecule has 25 heteroatoms. The number of imidazole rings is 2. The van der Waals surface area contributed by atoms with Crippen LogP contribution >= 0.6 is 7.82 Å². The maximum atomic E-state index is 15.9. The van der Waals surface area contributed by atoms with E-state index in [0.29, 0.717) is 0 Å². The van der Waals surface area contributed by atoms with Crippen molar-refractivity contribution in [2.24, 2.45) is 5.92 Å². The van der Waals surface area contributed by atoms with E-state index in [1.54, 1.807) is 0 Å². The van der Waals surface area contributed by atoms with E-state index in [-0.39, 0.29) is 34.1 Å². The highest BCUT2D eigenvalue weighted by atomic mass is 32.2. The monoisotopic (exact) mass is 689 g/mol. The molecule has 22 nitrogen and oxygen atoms in total. The molecule has 0 amide bonds. The zero-order valence-corrected chi connectivity index (χ0v) is 24.8. The van der Waals surface area contributed by atoms with Gasteiger partial charge in [0.05, 0.1) is 44.6 Å². The normalized spacial score (nSPS) is 35.0. The maximum Gasteiger partial charge on any atom is 0.472 e. The number of aliphatic hydroxyl groups is 1. The average Bonchev–Trinajstić information content (AvgIpc) is 3.75. The molecule has 0 saturated carbocycles. The SMILES string of the molecule is Nc1nc2c(ncn2C2OC3COP(=O)(O)OC4C(COS(=O)(=O)NC2C3CO)OC(n2cnc3c(N)ncnc32)C4F)c(=O)[nH]1. The van der Waals surface area contributed by atoms with Crippen LogP contribution in [0.5, 0.6) is 0 Å². The van der Waals surface area contributed by atoms with Crippen LogP contribution in [0.25, 0.3) is 22.3 Å². The summed E-state index contributed by atoms with van der Waals surface area (Å²) in [7, 11) is -9.89. The number of fused-ring (bicyclic) bond motifs is 5. The molecular weight excluding hydrogens is 664 g/mol. The summed E-state index contributed by atoms with van der Waals surface area (Å²) < 4.78 is 87.4. The van der Waals surface area contributed by atoms with Gasteiger partial charge in [0, 0.05) is 5.92 Å². The van der Waals surface area contributed by atoms with Gasteiger partial charge in [-0.3, -0.25) is 32.1 Å². The van der Waals surface area contributed by atoms with Crippen molar-refractivity contribution in [3.05, 3.63) is 29.3 Å². The standard InChI is InChI=1S/C21H25FN11O11PS/c22-10-14-9(43-19(10)32-5-27-12-15(23)25-4-26-16(12)32)3-41-46(38,39)31-11-7(1-34)8(2-40-45(36,37)44-14)42-20(11)33-6-28-13-17(33)29-21(24)30-18(13)35/h4-11,14,19-20,31,34H,1-3H2,(H,36,37)(H2,23,25,26)(H3,24,29,30,35). The molecule has 3 fully saturated rings. The number of aromatic nitrogens is 8. The predicted molar refractivity (Wildman–Crippen MR) is 148 cm³/mol. The van der Waals surface area contributed by atoms with E-state index >= 15 is 4.39 Å². The summed E-state index contributed by atoms with van der Waals surface area (Å²) in [6, 6.07) is -1.35. The molecule has 248 valence electrons. The van der Waals surface area contributed by atoms with Crippen molar-refractivity contribution in [2.45, 2.75) is 43.0 Å². The molecule has 3 aliphatic rings. The first-order valence-electron chi connectivity index (χ1n) is 13.4. The predicted octanol–water partition coefficient (Wildman–Crippen LogP) is -2.40. The van der Waals surface area contributed by atoms with Crippen LogP contribution in [0.2, 0.25) is 0 Å². The summed E-state index contributed by atoms with van der Waals surface area (Å²) >= 11 is 0. The number of alkyl halides is 1. The van der Waals surface area contributed by atoms with Crippen molar-refractivity contribution in [1.82, 2.24) is 43.8 Å². The molecule has 3 saturated heterocycles. The highest BCUT2D eigenvalue weighted by Gasteiger charge is 2.53. The zero-order chi connectivity index (χ0) is 32.5. The molecule has 9 unspecified atom stereocenters. The Kier molecular flexibility index (Phi) is 7.54. The largest absolute Gasteiger partial charge is 0.472 e. The molecule has 46 heavy (non-hydrogen) atoms. The van der Waals surface area contributed by atoms with Crippen LogP contribution in [-0.4, -0.2) is 108 Å². The van der Waals surface area contributed by atoms with Gasteiger partial charge in [0.2, 0.25) is 5.95 Å². The second-order valence-electron chi connectivity index (χ2n) is 10.5. The topological polar surface area (TPSA) is 309 Å². The second-order valence-corrected chi connectivity index (χ2v) is 13.3. The number of ether oxygens (including phenoxy) is 2. The van der Waals surface area contributed by atoms with Crippen molar-refractivity contribution in [1.29, 1.82) is 0 Å². The number of hydrogen-bond donors (Lipinski definition) is 6. The van der Waals surface area contributed by atoms with Gasteiger partial charge in [0.15, 0.2) is 41.3 Å². The highest BCUT2D eigenvalue weighted by Crippen LogP contribution is 2.50. The van der Waals surface area contributed by atoms with Gasteiger partial charge < -0.3 is 30.9 Å². The number of aliphatic hydroxyl groups excluding tert-OH is 1. The number of nitrogens with two attached hydrogens (primary N) is 2. The summed E-state index contributed by atoms with van der Waals surface area (Å²) in [5, 5.41) is 10.2. The first-order valence-corrected chi connectivity index (χ1v) is 16.3. The lowest BCUT2D eigenvalue weighted by Gasteiger charge is -2.24. The number of anilines is 2. The van der Waals surface area contributed by atoms with Gasteiger partial charge in [-0.15, -0.1) is 0 Å². The summed E-state index contributed by atoms with van der Waals surface area (Å²) in [5.41, 5.74) is 10.7. The van der Waals surface area contributed by atoms with Gasteiger partial charge in [-0.2, -0.15) is 18.1 Å². The first kappa shape index (κ1) is 30.9. The number of nitrogens with zero attached hydrogens (tertiary/aromatic N) is 7. The number of phosphoric ester groups is 1. The Bertz CT molecular complexity index is 2030. The number of aromatic amines is 1. The van der Waals surface area contributed by atoms with Crippen LogP contribution in [0.15, 0.2) is 23.8 Å². The van der Waals surface area contributed by atoms with Crippen LogP contribution in [-0.2, 0) is 37.6 Å². The number of halogens is 1. The Hall–Kier alpha value is -3.71. The van der Waals surface area contributed by atoms with Crippen molar-refractivity contribution in [3.63, 3.8) is 0 Å². The summed E-state index contributed by atoms with van der Waals surface area (Å²) in [5.74, 6) is -1.40. The van der Waals surface area contributed by atoms with Gasteiger partial charge in [-0.05, 0) is 0 Å². The lowest BCUT2D eigenvalue weighted by atomic mass is 9.98. The fourth-order valence-electron chi connectivity index (χ4n) is 5.66. The number of phosphoric acid groups is 1. The van der Waals surface area contributed by atoms with E-state index in [1.807, 2.05) is 0 Å². The number of rotatable bonds is 3. The molecular formula is C21H25FN11O11PS. The molecule has 0 spiro atoms. The average molecular weight is 690 g/mol. The van der Waals surface area contributed by atoms with E-state index in [1.165, 1.54) is 4.57 Å². The molecule has 8 N–H and O–H groups in total. The van der Waals surface area contributed by atoms with Crippen LogP contribution in [0, 0.1) is 5.92 Å². The van der Waals surface area contributed by atoms with Crippen LogP contribution in [0.4, 0.5) is 16.2 Å². The Labute approximate surface area is 255 Å². The minimum atomic E-state index is -5.12. The molecule has 2 bridgehead atoms. The van der Waals surface area contributed by atoms with E-state index in [0.717, 1.165) is 23.5 Å². The molecule has 4 aromatic heterocycles. The van der Waals surface area contributed by atoms with Gasteiger partial charge in [-0.1, -0.05) is 0 Å². The third-order valence-electron chi connectivity index (χ3n) is 7.75. The Morgan fingerprint density at radius 1 is 1.04 bits per heavy atom. The molecule has 9 atom stereocenters. The number of hydrogen-bond acceptors (Lipinski definition) is 17. The molecule has 7 heterocycles. The molecule has 0 radical (unpaired) electrons. The third kappa shape index (κ3) is 5.30. The van der Waals surface area contributed by atoms with Gasteiger partial charge in [0.1, 0.15) is 24.1 Å². The maximum absolute atomic E-state index is 15.9. The van der Waals surface area contributed by atoms with E-state index in [4.69, 9.17) is 34.2 Å². The first-order chi connectivity index (χ1) is 21.9. The van der Waals surface area contributed by atoms with Crippen LogP contribution in [0.1, 0.15) is 12.5 Å². The quantitative estimate of drug-likeness (QED) is 0.122. The number of nitrogen functional groups attached to an aromatic ring is 2. The van der Waals surface area contributed by atoms with E-state index in [2.05, 4.69) is 34.6 Å². The Morgan fingerprint density at radius 3 is 2.52 bits per heavy atom. The molecule has 7 rings (SSSR count). The van der Waals surface area contributed by atoms with Crippen molar-refractivity contribution in [3.8, 4) is 0 Å². The Balaban J connectivity index is 1.22. The fraction of sp³-hybridized carbons (Fsp3) is 0.524. The number of H-pyrrole nitrogens is 1. The lowest BCUT2D eigenvalue weighted by Crippen LogP contribution is -2.46. The molecule has 4 aromatic rings.